The Morgan fingerprint density at radius 1 is 1.38 bits per heavy atom. The summed E-state index contributed by atoms with van der Waals surface area (Å²) in [4.78, 5) is 10.6. The first-order valence-corrected chi connectivity index (χ1v) is 6.62. The molecule has 6 heteroatoms. The minimum atomic E-state index is -1.48. The van der Waals surface area contributed by atoms with Crippen LogP contribution in [0.3, 0.4) is 0 Å². The van der Waals surface area contributed by atoms with Crippen molar-refractivity contribution in [3.05, 3.63) is 40.1 Å². The summed E-state index contributed by atoms with van der Waals surface area (Å²) in [5.74, 6) is -0.331. The van der Waals surface area contributed by atoms with Gasteiger partial charge in [-0.1, -0.05) is 6.92 Å². The molecule has 1 heterocycles. The van der Waals surface area contributed by atoms with Gasteiger partial charge in [-0.2, -0.15) is 0 Å². The highest BCUT2D eigenvalue weighted by atomic mass is 16.7. The second-order valence-corrected chi connectivity index (χ2v) is 4.39. The van der Waals surface area contributed by atoms with E-state index >= 15 is 0 Å². The van der Waals surface area contributed by atoms with Crippen LogP contribution < -0.4 is 15.8 Å². The number of carbonyl (C=O) groups is 1. The topological polar surface area (TPSA) is 88.0 Å². The zero-order chi connectivity index (χ0) is 15.4. The Hall–Kier alpha value is -2.63. The highest BCUT2D eigenvalue weighted by Crippen LogP contribution is 2.16. The molecule has 1 aliphatic rings. The maximum atomic E-state index is 10.6. The molecule has 0 bridgehead atoms. The van der Waals surface area contributed by atoms with Crippen LogP contribution in [0.15, 0.2) is 24.1 Å². The van der Waals surface area contributed by atoms with Crippen LogP contribution >= 0.6 is 0 Å². The van der Waals surface area contributed by atoms with Crippen molar-refractivity contribution in [2.24, 2.45) is 0 Å². The lowest BCUT2D eigenvalue weighted by atomic mass is 10.0. The van der Waals surface area contributed by atoms with Crippen LogP contribution in [-0.2, 0) is 15.9 Å². The van der Waals surface area contributed by atoms with E-state index in [4.69, 9.17) is 9.84 Å². The fourth-order valence-electron chi connectivity index (χ4n) is 2.08. The lowest BCUT2D eigenvalue weighted by Crippen LogP contribution is -2.25. The Morgan fingerprint density at radius 2 is 2.14 bits per heavy atom. The Labute approximate surface area is 121 Å². The van der Waals surface area contributed by atoms with Crippen LogP contribution in [0.4, 0.5) is 10.5 Å². The molecule has 0 fully saturated rings. The number of carboxylic acid groups (broad SMARTS) is 1. The zero-order valence-electron chi connectivity index (χ0n) is 11.8. The van der Waals surface area contributed by atoms with Gasteiger partial charge in [-0.3, -0.25) is 0 Å². The standard InChI is InChI=1S/C15H17NO5/c1-3-9-5-11-12(6-10(9)8-20-4-2)16-7-13(14(11)17)21-15(18)19/h5-8,16-17H,3-4H2,1-2H3,(H,18,19). The summed E-state index contributed by atoms with van der Waals surface area (Å²) in [5.41, 5.74) is 1.64. The van der Waals surface area contributed by atoms with Crippen LogP contribution in [0, 0.1) is 0 Å². The molecular weight excluding hydrogens is 274 g/mol. The quantitative estimate of drug-likeness (QED) is 0.731. The van der Waals surface area contributed by atoms with Gasteiger partial charge >= 0.3 is 6.16 Å². The van der Waals surface area contributed by atoms with Gasteiger partial charge in [-0.05, 0) is 31.0 Å². The van der Waals surface area contributed by atoms with E-state index in [0.29, 0.717) is 17.5 Å². The van der Waals surface area contributed by atoms with Gasteiger partial charge in [0, 0.05) is 16.6 Å². The van der Waals surface area contributed by atoms with Crippen molar-refractivity contribution >= 4 is 23.9 Å². The second-order valence-electron chi connectivity index (χ2n) is 4.39. The van der Waals surface area contributed by atoms with Gasteiger partial charge in [0.2, 0.25) is 0 Å². The Morgan fingerprint density at radius 3 is 2.76 bits per heavy atom. The first-order chi connectivity index (χ1) is 10.1. The predicted molar refractivity (Wildman–Crippen MR) is 78.0 cm³/mol. The third-order valence-electron chi connectivity index (χ3n) is 3.08. The number of aliphatic hydroxyl groups is 1. The smallest absolute Gasteiger partial charge is 0.504 e. The SMILES string of the molecule is CCOC=c1cc2c(cc1CC)=C(O)C(OC(=O)O)=CN2. The third kappa shape index (κ3) is 3.10. The molecule has 0 aromatic heterocycles. The molecule has 0 amide bonds. The largest absolute Gasteiger partial charge is 0.511 e. The van der Waals surface area contributed by atoms with Crippen molar-refractivity contribution in [1.29, 1.82) is 0 Å². The van der Waals surface area contributed by atoms with E-state index in [2.05, 4.69) is 10.1 Å². The summed E-state index contributed by atoms with van der Waals surface area (Å²) >= 11 is 0. The van der Waals surface area contributed by atoms with Crippen molar-refractivity contribution in [2.75, 3.05) is 11.9 Å². The van der Waals surface area contributed by atoms with Crippen molar-refractivity contribution in [3.63, 3.8) is 0 Å². The molecular formula is C15H17NO5. The molecule has 6 nitrogen and oxygen atoms in total. The summed E-state index contributed by atoms with van der Waals surface area (Å²) in [6, 6.07) is 3.63. The van der Waals surface area contributed by atoms with Crippen LogP contribution in [0.1, 0.15) is 19.4 Å². The van der Waals surface area contributed by atoms with Gasteiger partial charge in [0.05, 0.1) is 18.6 Å². The fourth-order valence-corrected chi connectivity index (χ4v) is 2.08. The summed E-state index contributed by atoms with van der Waals surface area (Å²) < 4.78 is 9.84. The number of rotatable bonds is 4. The number of aryl methyl sites for hydroxylation is 1. The fraction of sp³-hybridized carbons (Fsp3) is 0.267. The number of hydrogen-bond donors (Lipinski definition) is 3. The van der Waals surface area contributed by atoms with E-state index in [1.165, 1.54) is 6.20 Å². The molecule has 0 atom stereocenters. The number of aliphatic hydroxyl groups excluding tert-OH is 1. The van der Waals surface area contributed by atoms with Crippen molar-refractivity contribution in [1.82, 2.24) is 0 Å². The molecule has 0 spiro atoms. The summed E-state index contributed by atoms with van der Waals surface area (Å²) in [7, 11) is 0. The van der Waals surface area contributed by atoms with Crippen molar-refractivity contribution in [2.45, 2.75) is 20.3 Å². The molecule has 21 heavy (non-hydrogen) atoms. The number of fused-ring (bicyclic) bond motifs is 1. The van der Waals surface area contributed by atoms with Crippen LogP contribution in [0.2, 0.25) is 0 Å². The average molecular weight is 291 g/mol. The molecule has 1 aromatic rings. The molecule has 1 aliphatic heterocycles. The molecule has 2 rings (SSSR count). The van der Waals surface area contributed by atoms with Crippen LogP contribution in [0.25, 0.3) is 12.0 Å². The minimum absolute atomic E-state index is 0.126. The summed E-state index contributed by atoms with van der Waals surface area (Å²) in [5, 5.41) is 23.1. The second kappa shape index (κ2) is 6.21. The molecule has 0 saturated carbocycles. The maximum Gasteiger partial charge on any atom is 0.511 e. The minimum Gasteiger partial charge on any atom is -0.504 e. The van der Waals surface area contributed by atoms with E-state index < -0.39 is 6.16 Å². The van der Waals surface area contributed by atoms with Gasteiger partial charge in [0.25, 0.3) is 0 Å². The number of hydrogen-bond acceptors (Lipinski definition) is 5. The summed E-state index contributed by atoms with van der Waals surface area (Å²) in [6.45, 7) is 4.46. The molecule has 0 aliphatic carbocycles. The first-order valence-electron chi connectivity index (χ1n) is 6.62. The van der Waals surface area contributed by atoms with Gasteiger partial charge < -0.3 is 25.0 Å². The van der Waals surface area contributed by atoms with Gasteiger partial charge in [0.15, 0.2) is 11.5 Å². The van der Waals surface area contributed by atoms with Gasteiger partial charge in [-0.15, -0.1) is 0 Å². The Bertz CT molecular complexity index is 706. The van der Waals surface area contributed by atoms with Crippen molar-refractivity contribution in [3.8, 4) is 0 Å². The predicted octanol–water partition coefficient (Wildman–Crippen LogP) is 1.65. The van der Waals surface area contributed by atoms with E-state index in [9.17, 15) is 9.90 Å². The van der Waals surface area contributed by atoms with E-state index in [0.717, 1.165) is 17.2 Å². The van der Waals surface area contributed by atoms with Crippen molar-refractivity contribution < 1.29 is 24.5 Å². The zero-order valence-corrected chi connectivity index (χ0v) is 11.8. The Balaban J connectivity index is 2.56. The van der Waals surface area contributed by atoms with E-state index in [1.54, 1.807) is 12.3 Å². The summed E-state index contributed by atoms with van der Waals surface area (Å²) in [6.07, 6.45) is 2.25. The number of nitrogens with one attached hydrogen (secondary N) is 1. The highest BCUT2D eigenvalue weighted by Gasteiger charge is 2.17. The third-order valence-corrected chi connectivity index (χ3v) is 3.08. The molecule has 112 valence electrons. The van der Waals surface area contributed by atoms with E-state index in [1.807, 2.05) is 19.9 Å². The molecule has 3 N–H and O–H groups in total. The van der Waals surface area contributed by atoms with Crippen LogP contribution in [-0.4, -0.2) is 23.0 Å². The lowest BCUT2D eigenvalue weighted by Gasteiger charge is -2.15. The van der Waals surface area contributed by atoms with E-state index in [-0.39, 0.29) is 11.5 Å². The highest BCUT2D eigenvalue weighted by molar-refractivity contribution is 5.71. The van der Waals surface area contributed by atoms with Gasteiger partial charge in [0.1, 0.15) is 0 Å². The lowest BCUT2D eigenvalue weighted by molar-refractivity contribution is 0.119. The number of anilines is 1. The molecule has 0 radical (unpaired) electrons. The molecule has 0 saturated heterocycles. The van der Waals surface area contributed by atoms with Crippen LogP contribution in [0.5, 0.6) is 0 Å². The monoisotopic (exact) mass is 291 g/mol. The average Bonchev–Trinajstić information content (AvgIpc) is 2.47. The normalized spacial score (nSPS) is 14.1. The number of ether oxygens (including phenoxy) is 2. The number of benzene rings is 1. The first kappa shape index (κ1) is 14.8. The molecule has 1 aromatic carbocycles. The molecule has 0 unspecified atom stereocenters. The Kier molecular flexibility index (Phi) is 4.37. The maximum absolute atomic E-state index is 10.6. The van der Waals surface area contributed by atoms with Gasteiger partial charge in [-0.25, -0.2) is 4.79 Å².